The average Bonchev–Trinajstić information content (AvgIpc) is 2.90. The highest BCUT2D eigenvalue weighted by Gasteiger charge is 2.28. The standard InChI is InChI=1S/C13H9BrClNO5/c1-19-12(17)9-10(13(18)20-2)21-11(16-9)7-4-3-6(15)5-8(7)14/h3-5H,1-2H3. The third kappa shape index (κ3) is 3.08. The van der Waals surface area contributed by atoms with Crippen LogP contribution in [0.5, 0.6) is 0 Å². The largest absolute Gasteiger partial charge is 0.464 e. The molecule has 0 saturated heterocycles. The van der Waals surface area contributed by atoms with Crippen molar-refractivity contribution in [3.05, 3.63) is 39.1 Å². The lowest BCUT2D eigenvalue weighted by Gasteiger charge is -1.99. The second-order valence-corrected chi connectivity index (χ2v) is 5.09. The fourth-order valence-corrected chi connectivity index (χ4v) is 2.42. The van der Waals surface area contributed by atoms with Gasteiger partial charge in [0.25, 0.3) is 0 Å². The van der Waals surface area contributed by atoms with E-state index in [1.165, 1.54) is 14.2 Å². The molecule has 2 aromatic rings. The molecule has 0 N–H and O–H groups in total. The van der Waals surface area contributed by atoms with Crippen molar-refractivity contribution in [2.24, 2.45) is 0 Å². The number of carbonyl (C=O) groups excluding carboxylic acids is 2. The highest BCUT2D eigenvalue weighted by atomic mass is 79.9. The number of hydrogen-bond acceptors (Lipinski definition) is 6. The van der Waals surface area contributed by atoms with Crippen LogP contribution in [0.4, 0.5) is 0 Å². The highest BCUT2D eigenvalue weighted by molar-refractivity contribution is 9.10. The van der Waals surface area contributed by atoms with Gasteiger partial charge in [0.15, 0.2) is 0 Å². The monoisotopic (exact) mass is 373 g/mol. The number of rotatable bonds is 3. The van der Waals surface area contributed by atoms with Crippen LogP contribution in [-0.2, 0) is 9.47 Å². The highest BCUT2D eigenvalue weighted by Crippen LogP contribution is 2.31. The fourth-order valence-electron chi connectivity index (χ4n) is 1.56. The lowest BCUT2D eigenvalue weighted by molar-refractivity contribution is 0.0527. The Hall–Kier alpha value is -1.86. The topological polar surface area (TPSA) is 78.6 Å². The molecule has 6 nitrogen and oxygen atoms in total. The zero-order valence-electron chi connectivity index (χ0n) is 11.0. The van der Waals surface area contributed by atoms with Crippen molar-refractivity contribution < 1.29 is 23.5 Å². The number of nitrogens with zero attached hydrogens (tertiary/aromatic N) is 1. The summed E-state index contributed by atoms with van der Waals surface area (Å²) in [5.74, 6) is -1.87. The molecule has 110 valence electrons. The number of halogens is 2. The summed E-state index contributed by atoms with van der Waals surface area (Å²) >= 11 is 9.17. The number of ether oxygens (including phenoxy) is 2. The van der Waals surface area contributed by atoms with Crippen molar-refractivity contribution in [3.8, 4) is 11.5 Å². The molecule has 0 unspecified atom stereocenters. The number of oxazole rings is 1. The molecule has 0 amide bonds. The number of hydrogen-bond donors (Lipinski definition) is 0. The maximum atomic E-state index is 11.7. The van der Waals surface area contributed by atoms with Gasteiger partial charge in [0, 0.05) is 9.50 Å². The predicted molar refractivity (Wildman–Crippen MR) is 77.3 cm³/mol. The van der Waals surface area contributed by atoms with Crippen LogP contribution in [-0.4, -0.2) is 31.1 Å². The molecule has 1 aromatic heterocycles. The second-order valence-electron chi connectivity index (χ2n) is 3.80. The molecule has 21 heavy (non-hydrogen) atoms. The first-order chi connectivity index (χ1) is 9.97. The molecule has 0 aliphatic carbocycles. The van der Waals surface area contributed by atoms with Gasteiger partial charge in [-0.2, -0.15) is 0 Å². The van der Waals surface area contributed by atoms with Gasteiger partial charge in [-0.25, -0.2) is 14.6 Å². The van der Waals surface area contributed by atoms with E-state index in [0.717, 1.165) is 0 Å². The fraction of sp³-hybridized carbons (Fsp3) is 0.154. The van der Waals surface area contributed by atoms with Crippen molar-refractivity contribution in [2.75, 3.05) is 14.2 Å². The maximum Gasteiger partial charge on any atom is 0.376 e. The van der Waals surface area contributed by atoms with Gasteiger partial charge < -0.3 is 13.9 Å². The molecule has 8 heteroatoms. The van der Waals surface area contributed by atoms with Gasteiger partial charge in [0.2, 0.25) is 17.3 Å². The average molecular weight is 375 g/mol. The van der Waals surface area contributed by atoms with Crippen LogP contribution in [0.15, 0.2) is 27.1 Å². The molecule has 2 rings (SSSR count). The minimum Gasteiger partial charge on any atom is -0.464 e. The Bertz CT molecular complexity index is 679. The molecule has 0 atom stereocenters. The molecule has 0 fully saturated rings. The number of esters is 2. The summed E-state index contributed by atoms with van der Waals surface area (Å²) in [6, 6.07) is 4.90. The maximum absolute atomic E-state index is 11.7. The zero-order valence-corrected chi connectivity index (χ0v) is 13.3. The van der Waals surface area contributed by atoms with Gasteiger partial charge in [0.1, 0.15) is 0 Å². The zero-order chi connectivity index (χ0) is 15.6. The summed E-state index contributed by atoms with van der Waals surface area (Å²) in [5, 5.41) is 0.513. The molecule has 0 bridgehead atoms. The molecular formula is C13H9BrClNO5. The molecule has 0 saturated carbocycles. The third-order valence-corrected chi connectivity index (χ3v) is 3.43. The normalized spacial score (nSPS) is 10.3. The summed E-state index contributed by atoms with van der Waals surface area (Å²) in [7, 11) is 2.35. The van der Waals surface area contributed by atoms with Crippen molar-refractivity contribution in [2.45, 2.75) is 0 Å². The first-order valence-electron chi connectivity index (χ1n) is 5.60. The van der Waals surface area contributed by atoms with Gasteiger partial charge in [-0.15, -0.1) is 0 Å². The minimum absolute atomic E-state index is 0.0688. The van der Waals surface area contributed by atoms with Gasteiger partial charge in [0.05, 0.1) is 19.8 Å². The van der Waals surface area contributed by atoms with E-state index >= 15 is 0 Å². The van der Waals surface area contributed by atoms with E-state index in [9.17, 15) is 9.59 Å². The lowest BCUT2D eigenvalue weighted by atomic mass is 10.2. The molecule has 0 aliphatic rings. The van der Waals surface area contributed by atoms with Gasteiger partial charge in [-0.05, 0) is 34.1 Å². The van der Waals surface area contributed by atoms with Gasteiger partial charge >= 0.3 is 11.9 Å². The van der Waals surface area contributed by atoms with E-state index in [-0.39, 0.29) is 17.3 Å². The molecule has 0 radical (unpaired) electrons. The van der Waals surface area contributed by atoms with Crippen molar-refractivity contribution in [1.29, 1.82) is 0 Å². The summed E-state index contributed by atoms with van der Waals surface area (Å²) < 4.78 is 15.1. The molecular weight excluding hydrogens is 366 g/mol. The number of methoxy groups -OCH3 is 2. The van der Waals surface area contributed by atoms with Crippen LogP contribution in [0.25, 0.3) is 11.5 Å². The van der Waals surface area contributed by atoms with Gasteiger partial charge in [-0.1, -0.05) is 11.6 Å². The SMILES string of the molecule is COC(=O)c1nc(-c2ccc(Cl)cc2Br)oc1C(=O)OC. The quantitative estimate of drug-likeness (QED) is 0.767. The van der Waals surface area contributed by atoms with E-state index in [2.05, 4.69) is 30.4 Å². The Balaban J connectivity index is 2.58. The first-order valence-corrected chi connectivity index (χ1v) is 6.78. The summed E-state index contributed by atoms with van der Waals surface area (Å²) in [6.45, 7) is 0. The van der Waals surface area contributed by atoms with Crippen LogP contribution in [0.1, 0.15) is 21.0 Å². The van der Waals surface area contributed by atoms with E-state index in [4.69, 9.17) is 16.0 Å². The van der Waals surface area contributed by atoms with Crippen molar-refractivity contribution in [1.82, 2.24) is 4.98 Å². The Kier molecular flexibility index (Phi) is 4.64. The van der Waals surface area contributed by atoms with Crippen LogP contribution in [0, 0.1) is 0 Å². The van der Waals surface area contributed by atoms with E-state index in [0.29, 0.717) is 15.1 Å². The Labute approximate surface area is 133 Å². The van der Waals surface area contributed by atoms with E-state index in [1.807, 2.05) is 0 Å². The number of carbonyl (C=O) groups is 2. The predicted octanol–water partition coefficient (Wildman–Crippen LogP) is 3.33. The first kappa shape index (κ1) is 15.5. The lowest BCUT2D eigenvalue weighted by Crippen LogP contribution is -2.10. The Morgan fingerprint density at radius 2 is 1.90 bits per heavy atom. The van der Waals surface area contributed by atoms with Gasteiger partial charge in [-0.3, -0.25) is 0 Å². The summed E-state index contributed by atoms with van der Waals surface area (Å²) in [6.07, 6.45) is 0. The van der Waals surface area contributed by atoms with Crippen molar-refractivity contribution >= 4 is 39.5 Å². The van der Waals surface area contributed by atoms with Crippen LogP contribution < -0.4 is 0 Å². The molecule has 0 aliphatic heterocycles. The Morgan fingerprint density at radius 1 is 1.24 bits per heavy atom. The van der Waals surface area contributed by atoms with E-state index in [1.54, 1.807) is 18.2 Å². The summed E-state index contributed by atoms with van der Waals surface area (Å²) in [5.41, 5.74) is 0.279. The Morgan fingerprint density at radius 3 is 2.48 bits per heavy atom. The van der Waals surface area contributed by atoms with Crippen molar-refractivity contribution in [3.63, 3.8) is 0 Å². The third-order valence-electron chi connectivity index (χ3n) is 2.54. The second kappa shape index (κ2) is 6.28. The smallest absolute Gasteiger partial charge is 0.376 e. The number of benzene rings is 1. The minimum atomic E-state index is -0.820. The molecule has 1 heterocycles. The number of aromatic nitrogens is 1. The van der Waals surface area contributed by atoms with E-state index < -0.39 is 11.9 Å². The molecule has 1 aromatic carbocycles. The van der Waals surface area contributed by atoms with Crippen LogP contribution in [0.3, 0.4) is 0 Å². The summed E-state index contributed by atoms with van der Waals surface area (Å²) in [4.78, 5) is 27.3. The molecule has 0 spiro atoms. The van der Waals surface area contributed by atoms with Crippen LogP contribution in [0.2, 0.25) is 5.02 Å². The van der Waals surface area contributed by atoms with Crippen LogP contribution >= 0.6 is 27.5 Å².